The lowest BCUT2D eigenvalue weighted by molar-refractivity contribution is 0.371. The number of hydrogen-bond acceptors (Lipinski definition) is 3. The second-order valence-corrected chi connectivity index (χ2v) is 8.83. The maximum atomic E-state index is 12.6. The summed E-state index contributed by atoms with van der Waals surface area (Å²) in [7, 11) is -3.49. The average Bonchev–Trinajstić information content (AvgIpc) is 2.44. The van der Waals surface area contributed by atoms with Gasteiger partial charge in [0.1, 0.15) is 0 Å². The Kier molecular flexibility index (Phi) is 5.64. The van der Waals surface area contributed by atoms with Crippen LogP contribution in [0.25, 0.3) is 0 Å². The number of hydrogen-bond donors (Lipinski definition) is 2. The molecule has 0 atom stereocenters. The highest BCUT2D eigenvalue weighted by Gasteiger charge is 2.24. The van der Waals surface area contributed by atoms with E-state index in [2.05, 4.69) is 10.0 Å². The summed E-state index contributed by atoms with van der Waals surface area (Å²) < 4.78 is 27.9. The van der Waals surface area contributed by atoms with Gasteiger partial charge in [0.25, 0.3) is 0 Å². The summed E-state index contributed by atoms with van der Waals surface area (Å²) in [6, 6.07) is 7.77. The van der Waals surface area contributed by atoms with Crippen molar-refractivity contribution in [1.29, 1.82) is 0 Å². The Morgan fingerprint density at radius 2 is 1.73 bits per heavy atom. The standard InChI is InChI=1S/C17H28N2O2S/c1-17(2,3)19-22(20,21)16-12-8-7-9-14(16)13-18-15-10-5-4-6-11-15/h7-9,12,15,18-19H,4-6,10-11,13H2,1-3H3. The van der Waals surface area contributed by atoms with Crippen LogP contribution in [0.15, 0.2) is 29.2 Å². The van der Waals surface area contributed by atoms with E-state index >= 15 is 0 Å². The molecule has 1 aliphatic carbocycles. The lowest BCUT2D eigenvalue weighted by atomic mass is 9.95. The Morgan fingerprint density at radius 3 is 2.36 bits per heavy atom. The molecular weight excluding hydrogens is 296 g/mol. The second kappa shape index (κ2) is 7.11. The van der Waals surface area contributed by atoms with Crippen molar-refractivity contribution in [3.05, 3.63) is 29.8 Å². The van der Waals surface area contributed by atoms with Crippen LogP contribution >= 0.6 is 0 Å². The van der Waals surface area contributed by atoms with Crippen molar-refractivity contribution in [3.8, 4) is 0 Å². The molecule has 2 N–H and O–H groups in total. The largest absolute Gasteiger partial charge is 0.310 e. The maximum absolute atomic E-state index is 12.6. The molecule has 22 heavy (non-hydrogen) atoms. The summed E-state index contributed by atoms with van der Waals surface area (Å²) in [5.41, 5.74) is 0.354. The highest BCUT2D eigenvalue weighted by atomic mass is 32.2. The van der Waals surface area contributed by atoms with E-state index in [9.17, 15) is 8.42 Å². The predicted molar refractivity (Wildman–Crippen MR) is 90.2 cm³/mol. The smallest absolute Gasteiger partial charge is 0.241 e. The van der Waals surface area contributed by atoms with Crippen molar-refractivity contribution in [3.63, 3.8) is 0 Å². The van der Waals surface area contributed by atoms with E-state index in [4.69, 9.17) is 0 Å². The summed E-state index contributed by atoms with van der Waals surface area (Å²) in [5, 5.41) is 3.52. The Morgan fingerprint density at radius 1 is 1.09 bits per heavy atom. The quantitative estimate of drug-likeness (QED) is 0.874. The predicted octanol–water partition coefficient (Wildman–Crippen LogP) is 3.19. The third kappa shape index (κ3) is 5.07. The van der Waals surface area contributed by atoms with Crippen molar-refractivity contribution in [1.82, 2.24) is 10.0 Å². The van der Waals surface area contributed by atoms with E-state index < -0.39 is 15.6 Å². The molecule has 0 bridgehead atoms. The molecule has 1 aliphatic rings. The first-order valence-electron chi connectivity index (χ1n) is 8.13. The fourth-order valence-electron chi connectivity index (χ4n) is 2.93. The molecule has 124 valence electrons. The van der Waals surface area contributed by atoms with Crippen LogP contribution in [-0.2, 0) is 16.6 Å². The molecular formula is C17H28N2O2S. The fourth-order valence-corrected chi connectivity index (χ4v) is 4.59. The molecule has 4 nitrogen and oxygen atoms in total. The first kappa shape index (κ1) is 17.4. The lowest BCUT2D eigenvalue weighted by Gasteiger charge is -2.24. The molecule has 0 unspecified atom stereocenters. The molecule has 1 aromatic carbocycles. The van der Waals surface area contributed by atoms with E-state index in [1.165, 1.54) is 32.1 Å². The Bertz CT molecular complexity index is 585. The molecule has 1 aromatic rings. The van der Waals surface area contributed by atoms with Crippen molar-refractivity contribution in [2.75, 3.05) is 0 Å². The number of nitrogens with one attached hydrogen (secondary N) is 2. The van der Waals surface area contributed by atoms with Gasteiger partial charge in [-0.1, -0.05) is 37.5 Å². The van der Waals surface area contributed by atoms with Crippen molar-refractivity contribution < 1.29 is 8.42 Å². The van der Waals surface area contributed by atoms with Crippen molar-refractivity contribution in [2.45, 2.75) is 75.9 Å². The third-order valence-corrected chi connectivity index (χ3v) is 5.75. The zero-order chi connectivity index (χ0) is 16.2. The number of sulfonamides is 1. The van der Waals surface area contributed by atoms with Crippen molar-refractivity contribution >= 4 is 10.0 Å². The van der Waals surface area contributed by atoms with Crippen LogP contribution < -0.4 is 10.0 Å². The van der Waals surface area contributed by atoms with Crippen molar-refractivity contribution in [2.24, 2.45) is 0 Å². The minimum Gasteiger partial charge on any atom is -0.310 e. The van der Waals surface area contributed by atoms with Gasteiger partial charge in [0.2, 0.25) is 10.0 Å². The molecule has 0 amide bonds. The van der Waals surface area contributed by atoms with Gasteiger partial charge >= 0.3 is 0 Å². The summed E-state index contributed by atoms with van der Waals surface area (Å²) >= 11 is 0. The molecule has 1 fully saturated rings. The second-order valence-electron chi connectivity index (χ2n) is 7.18. The van der Waals surface area contributed by atoms with Crippen LogP contribution in [0, 0.1) is 0 Å². The zero-order valence-electron chi connectivity index (χ0n) is 13.9. The van der Waals surface area contributed by atoms with Gasteiger partial charge in [-0.05, 0) is 45.2 Å². The molecule has 1 saturated carbocycles. The maximum Gasteiger partial charge on any atom is 0.241 e. The zero-order valence-corrected chi connectivity index (χ0v) is 14.7. The van der Waals surface area contributed by atoms with Gasteiger partial charge in [0.05, 0.1) is 4.90 Å². The van der Waals surface area contributed by atoms with Gasteiger partial charge < -0.3 is 5.32 Å². The summed E-state index contributed by atoms with van der Waals surface area (Å²) in [6.07, 6.45) is 6.23. The molecule has 0 radical (unpaired) electrons. The molecule has 0 aliphatic heterocycles. The normalized spacial score (nSPS) is 17.6. The minimum absolute atomic E-state index is 0.383. The van der Waals surface area contributed by atoms with Crippen LogP contribution in [-0.4, -0.2) is 20.0 Å². The average molecular weight is 324 g/mol. The Balaban J connectivity index is 2.12. The van der Waals surface area contributed by atoms with Gasteiger partial charge in [-0.3, -0.25) is 0 Å². The Hall–Kier alpha value is -0.910. The van der Waals surface area contributed by atoms with E-state index in [1.54, 1.807) is 12.1 Å². The van der Waals surface area contributed by atoms with Crippen LogP contribution in [0.5, 0.6) is 0 Å². The van der Waals surface area contributed by atoms with Gasteiger partial charge in [-0.2, -0.15) is 0 Å². The van der Waals surface area contributed by atoms with Crippen LogP contribution in [0.4, 0.5) is 0 Å². The molecule has 0 heterocycles. The monoisotopic (exact) mass is 324 g/mol. The fraction of sp³-hybridized carbons (Fsp3) is 0.647. The summed E-state index contributed by atoms with van der Waals surface area (Å²) in [5.74, 6) is 0. The molecule has 0 saturated heterocycles. The molecule has 5 heteroatoms. The number of rotatable bonds is 5. The van der Waals surface area contributed by atoms with Gasteiger partial charge in [0, 0.05) is 18.1 Å². The van der Waals surface area contributed by atoms with Crippen LogP contribution in [0.1, 0.15) is 58.4 Å². The lowest BCUT2D eigenvalue weighted by Crippen LogP contribution is -2.41. The molecule has 2 rings (SSSR count). The van der Waals surface area contributed by atoms with Gasteiger partial charge in [-0.15, -0.1) is 0 Å². The summed E-state index contributed by atoms with van der Waals surface area (Å²) in [6.45, 7) is 6.17. The van der Waals surface area contributed by atoms with Crippen LogP contribution in [0.3, 0.4) is 0 Å². The SMILES string of the molecule is CC(C)(C)NS(=O)(=O)c1ccccc1CNC1CCCCC1. The van der Waals surface area contributed by atoms with Gasteiger partial charge in [0.15, 0.2) is 0 Å². The third-order valence-electron chi connectivity index (χ3n) is 3.89. The van der Waals surface area contributed by atoms with Gasteiger partial charge in [-0.25, -0.2) is 13.1 Å². The molecule has 0 spiro atoms. The first-order valence-corrected chi connectivity index (χ1v) is 9.61. The minimum atomic E-state index is -3.49. The van der Waals surface area contributed by atoms with E-state index in [1.807, 2.05) is 32.9 Å². The first-order chi connectivity index (χ1) is 10.3. The highest BCUT2D eigenvalue weighted by molar-refractivity contribution is 7.89. The van der Waals surface area contributed by atoms with E-state index in [-0.39, 0.29) is 0 Å². The highest BCUT2D eigenvalue weighted by Crippen LogP contribution is 2.20. The Labute approximate surface area is 134 Å². The van der Waals surface area contributed by atoms with E-state index in [0.29, 0.717) is 17.5 Å². The number of benzene rings is 1. The van der Waals surface area contributed by atoms with E-state index in [0.717, 1.165) is 5.56 Å². The summed E-state index contributed by atoms with van der Waals surface area (Å²) in [4.78, 5) is 0.383. The van der Waals surface area contributed by atoms with Crippen LogP contribution in [0.2, 0.25) is 0 Å². The molecule has 0 aromatic heterocycles. The topological polar surface area (TPSA) is 58.2 Å².